The molecule has 0 heterocycles. The van der Waals surface area contributed by atoms with E-state index in [0.29, 0.717) is 0 Å². The predicted molar refractivity (Wildman–Crippen MR) is 67.6 cm³/mol. The zero-order valence-electron chi connectivity index (χ0n) is 9.04. The van der Waals surface area contributed by atoms with Crippen molar-refractivity contribution < 1.29 is 0 Å². The average Bonchev–Trinajstić information content (AvgIpc) is 2.94. The maximum Gasteiger partial charge on any atom is 0.0325 e. The molecule has 82 valence electrons. The largest absolute Gasteiger partial charge is 0.399 e. The van der Waals surface area contributed by atoms with Gasteiger partial charge in [-0.2, -0.15) is 0 Å². The lowest BCUT2D eigenvalue weighted by atomic mass is 10.2. The van der Waals surface area contributed by atoms with E-state index in [1.54, 1.807) is 0 Å². The lowest BCUT2D eigenvalue weighted by Gasteiger charge is -2.17. The van der Waals surface area contributed by atoms with Crippen LogP contribution in [0.1, 0.15) is 18.4 Å². The summed E-state index contributed by atoms with van der Waals surface area (Å²) in [7, 11) is 2.18. The van der Waals surface area contributed by atoms with Crippen LogP contribution in [0.4, 0.5) is 5.69 Å². The molecular formula is C12H17BrN2. The SMILES string of the molecule is CN(Cc1ccc(N)cc1Br)CC1CC1. The molecule has 2 N–H and O–H groups in total. The molecule has 0 amide bonds. The Bertz CT molecular complexity index is 347. The molecule has 3 heteroatoms. The van der Waals surface area contributed by atoms with Crippen LogP contribution in [-0.2, 0) is 6.54 Å². The number of nitrogen functional groups attached to an aromatic ring is 1. The number of nitrogens with zero attached hydrogens (tertiary/aromatic N) is 1. The fourth-order valence-corrected chi connectivity index (χ4v) is 2.31. The summed E-state index contributed by atoms with van der Waals surface area (Å²) < 4.78 is 1.12. The molecule has 0 saturated heterocycles. The summed E-state index contributed by atoms with van der Waals surface area (Å²) in [6.07, 6.45) is 2.82. The number of anilines is 1. The average molecular weight is 269 g/mol. The van der Waals surface area contributed by atoms with Gasteiger partial charge >= 0.3 is 0 Å². The van der Waals surface area contributed by atoms with E-state index in [1.807, 2.05) is 12.1 Å². The van der Waals surface area contributed by atoms with Gasteiger partial charge in [0.2, 0.25) is 0 Å². The quantitative estimate of drug-likeness (QED) is 0.852. The fraction of sp³-hybridized carbons (Fsp3) is 0.500. The van der Waals surface area contributed by atoms with Crippen LogP contribution < -0.4 is 5.73 Å². The van der Waals surface area contributed by atoms with Crippen molar-refractivity contribution in [3.63, 3.8) is 0 Å². The Labute approximate surface area is 99.6 Å². The zero-order valence-corrected chi connectivity index (χ0v) is 10.6. The third-order valence-corrected chi connectivity index (χ3v) is 3.52. The maximum atomic E-state index is 5.71. The molecule has 0 aliphatic heterocycles. The Morgan fingerprint density at radius 1 is 1.47 bits per heavy atom. The van der Waals surface area contributed by atoms with E-state index < -0.39 is 0 Å². The number of nitrogens with two attached hydrogens (primary N) is 1. The molecule has 0 atom stereocenters. The van der Waals surface area contributed by atoms with E-state index in [0.717, 1.165) is 22.6 Å². The van der Waals surface area contributed by atoms with Crippen LogP contribution in [0.2, 0.25) is 0 Å². The topological polar surface area (TPSA) is 29.3 Å². The first kappa shape index (κ1) is 11.0. The van der Waals surface area contributed by atoms with Gasteiger partial charge in [0.15, 0.2) is 0 Å². The normalized spacial score (nSPS) is 15.9. The van der Waals surface area contributed by atoms with E-state index in [4.69, 9.17) is 5.73 Å². The van der Waals surface area contributed by atoms with Crippen LogP contribution in [0, 0.1) is 5.92 Å². The van der Waals surface area contributed by atoms with Gasteiger partial charge in [-0.25, -0.2) is 0 Å². The standard InChI is InChI=1S/C12H17BrN2/c1-15(7-9-2-3-9)8-10-4-5-11(14)6-12(10)13/h4-6,9H,2-3,7-8,14H2,1H3. The third kappa shape index (κ3) is 3.21. The lowest BCUT2D eigenvalue weighted by molar-refractivity contribution is 0.312. The Balaban J connectivity index is 1.96. The maximum absolute atomic E-state index is 5.71. The molecule has 0 spiro atoms. The lowest BCUT2D eigenvalue weighted by Crippen LogP contribution is -2.20. The molecule has 0 radical (unpaired) electrons. The van der Waals surface area contributed by atoms with Gasteiger partial charge in [0.1, 0.15) is 0 Å². The molecule has 15 heavy (non-hydrogen) atoms. The Morgan fingerprint density at radius 3 is 2.80 bits per heavy atom. The second-order valence-electron chi connectivity index (χ2n) is 4.49. The Kier molecular flexibility index (Phi) is 3.32. The molecule has 1 aromatic rings. The van der Waals surface area contributed by atoms with E-state index >= 15 is 0 Å². The second-order valence-corrected chi connectivity index (χ2v) is 5.35. The van der Waals surface area contributed by atoms with Crippen LogP contribution in [0.5, 0.6) is 0 Å². The van der Waals surface area contributed by atoms with E-state index in [9.17, 15) is 0 Å². The number of rotatable bonds is 4. The number of halogens is 1. The zero-order chi connectivity index (χ0) is 10.8. The van der Waals surface area contributed by atoms with Crippen molar-refractivity contribution in [3.8, 4) is 0 Å². The van der Waals surface area contributed by atoms with Crippen molar-refractivity contribution in [1.29, 1.82) is 0 Å². The molecular weight excluding hydrogens is 252 g/mol. The first-order chi connectivity index (χ1) is 7.15. The Hall–Kier alpha value is -0.540. The minimum absolute atomic E-state index is 0.815. The molecule has 2 nitrogen and oxygen atoms in total. The number of hydrogen-bond acceptors (Lipinski definition) is 2. The van der Waals surface area contributed by atoms with Crippen LogP contribution in [-0.4, -0.2) is 18.5 Å². The van der Waals surface area contributed by atoms with Crippen molar-refractivity contribution in [2.45, 2.75) is 19.4 Å². The summed E-state index contributed by atoms with van der Waals surface area (Å²) in [6, 6.07) is 6.04. The summed E-state index contributed by atoms with van der Waals surface area (Å²) in [5, 5.41) is 0. The van der Waals surface area contributed by atoms with Crippen molar-refractivity contribution >= 4 is 21.6 Å². The highest BCUT2D eigenvalue weighted by Crippen LogP contribution is 2.30. The van der Waals surface area contributed by atoms with Crippen molar-refractivity contribution in [1.82, 2.24) is 4.90 Å². The van der Waals surface area contributed by atoms with Gasteiger partial charge < -0.3 is 10.6 Å². The molecule has 0 unspecified atom stereocenters. The van der Waals surface area contributed by atoms with Gasteiger partial charge in [-0.15, -0.1) is 0 Å². The van der Waals surface area contributed by atoms with Gasteiger partial charge in [0.05, 0.1) is 0 Å². The fourth-order valence-electron chi connectivity index (χ4n) is 1.79. The first-order valence-corrected chi connectivity index (χ1v) is 6.17. The van der Waals surface area contributed by atoms with Crippen molar-refractivity contribution in [2.24, 2.45) is 5.92 Å². The van der Waals surface area contributed by atoms with Gasteiger partial charge in [-0.05, 0) is 43.5 Å². The van der Waals surface area contributed by atoms with E-state index in [1.165, 1.54) is 24.9 Å². The van der Waals surface area contributed by atoms with Crippen LogP contribution in [0.25, 0.3) is 0 Å². The van der Waals surface area contributed by atoms with E-state index in [-0.39, 0.29) is 0 Å². The molecule has 0 aromatic heterocycles. The highest BCUT2D eigenvalue weighted by atomic mass is 79.9. The van der Waals surface area contributed by atoms with Crippen molar-refractivity contribution in [3.05, 3.63) is 28.2 Å². The second kappa shape index (κ2) is 4.54. The van der Waals surface area contributed by atoms with E-state index in [2.05, 4.69) is 33.9 Å². The smallest absolute Gasteiger partial charge is 0.0325 e. The molecule has 1 saturated carbocycles. The van der Waals surface area contributed by atoms with Crippen LogP contribution >= 0.6 is 15.9 Å². The monoisotopic (exact) mass is 268 g/mol. The minimum Gasteiger partial charge on any atom is -0.399 e. The van der Waals surface area contributed by atoms with Gasteiger partial charge in [-0.3, -0.25) is 0 Å². The predicted octanol–water partition coefficient (Wildman–Crippen LogP) is 2.87. The third-order valence-electron chi connectivity index (χ3n) is 2.78. The summed E-state index contributed by atoms with van der Waals surface area (Å²) in [4.78, 5) is 2.38. The number of benzene rings is 1. The number of hydrogen-bond donors (Lipinski definition) is 1. The Morgan fingerprint density at radius 2 is 2.20 bits per heavy atom. The molecule has 2 rings (SSSR count). The molecule has 1 aromatic carbocycles. The summed E-state index contributed by atoms with van der Waals surface area (Å²) >= 11 is 3.55. The molecule has 1 aliphatic rings. The van der Waals surface area contributed by atoms with Gasteiger partial charge in [-0.1, -0.05) is 22.0 Å². The highest BCUT2D eigenvalue weighted by Gasteiger charge is 2.22. The molecule has 1 fully saturated rings. The molecule has 1 aliphatic carbocycles. The summed E-state index contributed by atoms with van der Waals surface area (Å²) in [5.74, 6) is 0.947. The van der Waals surface area contributed by atoms with Crippen LogP contribution in [0.3, 0.4) is 0 Å². The first-order valence-electron chi connectivity index (χ1n) is 5.37. The van der Waals surface area contributed by atoms with Gasteiger partial charge in [0, 0.05) is 23.2 Å². The summed E-state index contributed by atoms with van der Waals surface area (Å²) in [6.45, 7) is 2.22. The summed E-state index contributed by atoms with van der Waals surface area (Å²) in [5.41, 5.74) is 7.83. The molecule has 0 bridgehead atoms. The van der Waals surface area contributed by atoms with Gasteiger partial charge in [0.25, 0.3) is 0 Å². The van der Waals surface area contributed by atoms with Crippen molar-refractivity contribution in [2.75, 3.05) is 19.3 Å². The van der Waals surface area contributed by atoms with Crippen LogP contribution in [0.15, 0.2) is 22.7 Å². The minimum atomic E-state index is 0.815. The highest BCUT2D eigenvalue weighted by molar-refractivity contribution is 9.10.